The SMILES string of the molecule is Cc1ccc(N(c2ccc3c(c2)c2ccccc2n3-c2ccccc2)c2cc3c(c4c2oc2ccccc24)-c2c(c4ccccc4c4ccccc24)C3(c2ccccc2)c2ccccc2)nc1. The number of furan rings is 1. The molecule has 0 radical (unpaired) electrons. The molecule has 0 N–H and O–H groups in total. The van der Waals surface area contributed by atoms with Crippen LogP contribution in [0.4, 0.5) is 17.2 Å². The molecule has 314 valence electrons. The standard InChI is InChI=1S/C63H41N3O/c1-40-33-36-57(64-39-40)66(44-34-35-54-51(37-44)47-27-15-17-31-53(47)65(54)43-23-9-4-10-24-43)55-38-52-60(59-50-30-16-18-32-56(50)67-62(55)59)58-48-28-13-11-25-45(48)46-26-12-14-29-49(46)61(58)63(52,41-19-5-2-6-20-41)42-21-7-3-8-22-42/h2-39H,1H3. The molecule has 10 aromatic carbocycles. The highest BCUT2D eigenvalue weighted by molar-refractivity contribution is 6.27. The predicted molar refractivity (Wildman–Crippen MR) is 278 cm³/mol. The second-order valence-corrected chi connectivity index (χ2v) is 17.9. The van der Waals surface area contributed by atoms with Gasteiger partial charge >= 0.3 is 0 Å². The number of anilines is 3. The van der Waals surface area contributed by atoms with Crippen LogP contribution >= 0.6 is 0 Å². The molecule has 0 saturated carbocycles. The van der Waals surface area contributed by atoms with Crippen LogP contribution in [0.1, 0.15) is 27.8 Å². The van der Waals surface area contributed by atoms with Crippen molar-refractivity contribution < 1.29 is 4.42 Å². The van der Waals surface area contributed by atoms with Gasteiger partial charge in [-0.25, -0.2) is 4.98 Å². The van der Waals surface area contributed by atoms with Gasteiger partial charge in [-0.3, -0.25) is 4.90 Å². The molecule has 0 fully saturated rings. The molecule has 4 nitrogen and oxygen atoms in total. The van der Waals surface area contributed by atoms with Crippen LogP contribution in [-0.4, -0.2) is 9.55 Å². The van der Waals surface area contributed by atoms with Gasteiger partial charge in [0.15, 0.2) is 5.58 Å². The fourth-order valence-corrected chi connectivity index (χ4v) is 11.6. The third-order valence-corrected chi connectivity index (χ3v) is 14.3. The number of fused-ring (bicyclic) bond motifs is 15. The van der Waals surface area contributed by atoms with E-state index >= 15 is 0 Å². The van der Waals surface area contributed by atoms with Crippen LogP contribution in [0.5, 0.6) is 0 Å². The predicted octanol–water partition coefficient (Wildman–Crippen LogP) is 16.5. The van der Waals surface area contributed by atoms with Crippen molar-refractivity contribution in [2.24, 2.45) is 0 Å². The second-order valence-electron chi connectivity index (χ2n) is 17.9. The second kappa shape index (κ2) is 14.4. The Morgan fingerprint density at radius 2 is 1.06 bits per heavy atom. The number of benzene rings is 10. The van der Waals surface area contributed by atoms with E-state index in [9.17, 15) is 0 Å². The lowest BCUT2D eigenvalue weighted by molar-refractivity contribution is 0.668. The van der Waals surface area contributed by atoms with Gasteiger partial charge in [0, 0.05) is 39.1 Å². The summed E-state index contributed by atoms with van der Waals surface area (Å²) in [6.45, 7) is 2.10. The Hall–Kier alpha value is -8.73. The first kappa shape index (κ1) is 37.6. The van der Waals surface area contributed by atoms with Crippen molar-refractivity contribution in [3.05, 3.63) is 258 Å². The van der Waals surface area contributed by atoms with Crippen molar-refractivity contribution in [3.63, 3.8) is 0 Å². The molecule has 3 heterocycles. The van der Waals surface area contributed by atoms with Crippen molar-refractivity contribution in [2.45, 2.75) is 12.3 Å². The molecule has 14 rings (SSSR count). The molecule has 1 aliphatic rings. The minimum Gasteiger partial charge on any atom is -0.454 e. The van der Waals surface area contributed by atoms with Gasteiger partial charge in [-0.1, -0.05) is 170 Å². The molecule has 0 unspecified atom stereocenters. The molecule has 4 heteroatoms. The maximum atomic E-state index is 7.30. The number of hydrogen-bond donors (Lipinski definition) is 0. The van der Waals surface area contributed by atoms with Crippen molar-refractivity contribution >= 4 is 82.5 Å². The summed E-state index contributed by atoms with van der Waals surface area (Å²) in [7, 11) is 0. The molecule has 0 aliphatic heterocycles. The van der Waals surface area contributed by atoms with E-state index in [4.69, 9.17) is 9.40 Å². The summed E-state index contributed by atoms with van der Waals surface area (Å²) in [6.07, 6.45) is 1.97. The van der Waals surface area contributed by atoms with Crippen LogP contribution in [0, 0.1) is 6.92 Å². The number of para-hydroxylation sites is 3. The molecule has 0 bridgehead atoms. The van der Waals surface area contributed by atoms with Gasteiger partial charge in [0.1, 0.15) is 11.4 Å². The van der Waals surface area contributed by atoms with E-state index < -0.39 is 5.41 Å². The van der Waals surface area contributed by atoms with E-state index in [0.29, 0.717) is 0 Å². The topological polar surface area (TPSA) is 34.2 Å². The van der Waals surface area contributed by atoms with Crippen molar-refractivity contribution in [1.29, 1.82) is 0 Å². The fraction of sp³-hybridized carbons (Fsp3) is 0.0317. The summed E-state index contributed by atoms with van der Waals surface area (Å²) in [5.74, 6) is 0.801. The van der Waals surface area contributed by atoms with Gasteiger partial charge in [-0.15, -0.1) is 0 Å². The molecule has 0 amide bonds. The third-order valence-electron chi connectivity index (χ3n) is 14.3. The summed E-state index contributed by atoms with van der Waals surface area (Å²) < 4.78 is 9.67. The van der Waals surface area contributed by atoms with Gasteiger partial charge in [0.2, 0.25) is 0 Å². The highest BCUT2D eigenvalue weighted by Gasteiger charge is 2.50. The normalized spacial score (nSPS) is 13.0. The van der Waals surface area contributed by atoms with Gasteiger partial charge < -0.3 is 8.98 Å². The van der Waals surface area contributed by atoms with Crippen LogP contribution in [0.25, 0.3) is 82.1 Å². The van der Waals surface area contributed by atoms with E-state index in [2.05, 4.69) is 241 Å². The number of pyridine rings is 1. The Bertz CT molecular complexity index is 4060. The highest BCUT2D eigenvalue weighted by atomic mass is 16.3. The van der Waals surface area contributed by atoms with Crippen LogP contribution in [0.2, 0.25) is 0 Å². The first-order chi connectivity index (χ1) is 33.2. The number of aryl methyl sites for hydroxylation is 1. The molecular weight excluding hydrogens is 815 g/mol. The quantitative estimate of drug-likeness (QED) is 0.156. The van der Waals surface area contributed by atoms with Crippen molar-refractivity contribution in [3.8, 4) is 16.8 Å². The summed E-state index contributed by atoms with van der Waals surface area (Å²) in [6, 6.07) is 81.9. The van der Waals surface area contributed by atoms with Crippen LogP contribution in [0.15, 0.2) is 235 Å². The number of rotatable bonds is 6. The molecule has 67 heavy (non-hydrogen) atoms. The summed E-state index contributed by atoms with van der Waals surface area (Å²) in [5, 5.41) is 9.45. The lowest BCUT2D eigenvalue weighted by Gasteiger charge is -2.35. The number of nitrogens with zero attached hydrogens (tertiary/aromatic N) is 3. The molecule has 0 atom stereocenters. The van der Waals surface area contributed by atoms with E-state index in [1.165, 1.54) is 60.3 Å². The van der Waals surface area contributed by atoms with Crippen molar-refractivity contribution in [2.75, 3.05) is 4.90 Å². The molecule has 1 aliphatic carbocycles. The Morgan fingerprint density at radius 3 is 1.76 bits per heavy atom. The molecule has 13 aromatic rings. The van der Waals surface area contributed by atoms with Gasteiger partial charge in [0.25, 0.3) is 0 Å². The minimum atomic E-state index is -0.739. The zero-order valence-electron chi connectivity index (χ0n) is 36.7. The molecule has 0 spiro atoms. The lowest BCUT2D eigenvalue weighted by atomic mass is 9.66. The lowest BCUT2D eigenvalue weighted by Crippen LogP contribution is -2.29. The average molecular weight is 856 g/mol. The third kappa shape index (κ3) is 5.27. The fourth-order valence-electron chi connectivity index (χ4n) is 11.6. The zero-order valence-corrected chi connectivity index (χ0v) is 36.7. The maximum absolute atomic E-state index is 7.30. The Morgan fingerprint density at radius 1 is 0.478 bits per heavy atom. The monoisotopic (exact) mass is 855 g/mol. The smallest absolute Gasteiger partial charge is 0.160 e. The van der Waals surface area contributed by atoms with Crippen molar-refractivity contribution in [1.82, 2.24) is 9.55 Å². The molecule has 0 saturated heterocycles. The van der Waals surface area contributed by atoms with E-state index in [-0.39, 0.29) is 0 Å². The maximum Gasteiger partial charge on any atom is 0.160 e. The Kier molecular flexibility index (Phi) is 8.08. The molecular formula is C63H41N3O. The Labute approximate surface area is 387 Å². The van der Waals surface area contributed by atoms with E-state index in [1.54, 1.807) is 0 Å². The average Bonchev–Trinajstić information content (AvgIpc) is 4.05. The highest BCUT2D eigenvalue weighted by Crippen LogP contribution is 2.64. The minimum absolute atomic E-state index is 0.739. The zero-order chi connectivity index (χ0) is 44.2. The van der Waals surface area contributed by atoms with Gasteiger partial charge in [0.05, 0.1) is 22.1 Å². The van der Waals surface area contributed by atoms with Gasteiger partial charge in [-0.2, -0.15) is 0 Å². The Balaban J connectivity index is 1.18. The first-order valence-electron chi connectivity index (χ1n) is 23.0. The molecule has 3 aromatic heterocycles. The number of aromatic nitrogens is 2. The first-order valence-corrected chi connectivity index (χ1v) is 23.0. The summed E-state index contributed by atoms with van der Waals surface area (Å²) in [5.41, 5.74) is 14.7. The van der Waals surface area contributed by atoms with E-state index in [1.807, 2.05) is 6.20 Å². The van der Waals surface area contributed by atoms with Crippen LogP contribution in [0.3, 0.4) is 0 Å². The van der Waals surface area contributed by atoms with Gasteiger partial charge in [-0.05, 0) is 122 Å². The number of hydrogen-bond acceptors (Lipinski definition) is 3. The summed E-state index contributed by atoms with van der Waals surface area (Å²) >= 11 is 0. The van der Waals surface area contributed by atoms with E-state index in [0.717, 1.165) is 66.8 Å². The summed E-state index contributed by atoms with van der Waals surface area (Å²) in [4.78, 5) is 7.57. The van der Waals surface area contributed by atoms with Crippen LogP contribution < -0.4 is 4.90 Å². The largest absolute Gasteiger partial charge is 0.454 e. The van der Waals surface area contributed by atoms with Crippen LogP contribution in [-0.2, 0) is 5.41 Å².